The lowest BCUT2D eigenvalue weighted by molar-refractivity contribution is -0.123. The Balaban J connectivity index is 1.50. The van der Waals surface area contributed by atoms with Crippen molar-refractivity contribution < 1.29 is 14.3 Å². The molecule has 0 unspecified atom stereocenters. The molecule has 0 bridgehead atoms. The first-order valence-corrected chi connectivity index (χ1v) is 12.0. The summed E-state index contributed by atoms with van der Waals surface area (Å²) in [6.45, 7) is 2.51. The molecule has 8 heteroatoms. The number of nitrogens with zero attached hydrogens (tertiary/aromatic N) is 1. The van der Waals surface area contributed by atoms with Crippen LogP contribution in [0.25, 0.3) is 6.08 Å². The molecule has 0 radical (unpaired) electrons. The van der Waals surface area contributed by atoms with Crippen LogP contribution in [-0.4, -0.2) is 16.8 Å². The first kappa shape index (κ1) is 23.5. The summed E-state index contributed by atoms with van der Waals surface area (Å²) < 4.78 is 7.34. The fourth-order valence-corrected chi connectivity index (χ4v) is 4.97. The number of aryl methyl sites for hydroxylation is 1. The van der Waals surface area contributed by atoms with E-state index in [2.05, 4.69) is 37.2 Å². The molecule has 0 aliphatic carbocycles. The lowest BCUT2D eigenvalue weighted by Crippen LogP contribution is -2.30. The summed E-state index contributed by atoms with van der Waals surface area (Å²) >= 11 is 13.3. The van der Waals surface area contributed by atoms with E-state index in [1.54, 1.807) is 6.08 Å². The lowest BCUT2D eigenvalue weighted by Gasteiger charge is -2.13. The van der Waals surface area contributed by atoms with Crippen LogP contribution < -0.4 is 10.1 Å². The largest absolute Gasteiger partial charge is 0.486 e. The number of nitrogens with one attached hydrogen (secondary N) is 1. The Morgan fingerprint density at radius 3 is 2.36 bits per heavy atom. The maximum Gasteiger partial charge on any atom is 0.329 e. The number of halogens is 3. The molecule has 3 aromatic carbocycles. The fourth-order valence-electron chi connectivity index (χ4n) is 3.32. The summed E-state index contributed by atoms with van der Waals surface area (Å²) in [7, 11) is 0. The highest BCUT2D eigenvalue weighted by molar-refractivity contribution is 9.11. The van der Waals surface area contributed by atoms with Crippen molar-refractivity contribution in [2.24, 2.45) is 0 Å². The van der Waals surface area contributed by atoms with Gasteiger partial charge in [0.1, 0.15) is 18.1 Å². The highest BCUT2D eigenvalue weighted by Crippen LogP contribution is 2.36. The van der Waals surface area contributed by atoms with E-state index in [9.17, 15) is 9.59 Å². The smallest absolute Gasteiger partial charge is 0.329 e. The number of benzene rings is 3. The van der Waals surface area contributed by atoms with Gasteiger partial charge in [0.15, 0.2) is 0 Å². The van der Waals surface area contributed by atoms with Gasteiger partial charge >= 0.3 is 6.03 Å². The third-order valence-corrected chi connectivity index (χ3v) is 6.63. The van der Waals surface area contributed by atoms with E-state index in [1.165, 1.54) is 4.90 Å². The number of carbonyl (C=O) groups is 2. The molecule has 3 aromatic rings. The second-order valence-corrected chi connectivity index (χ2v) is 9.67. The third kappa shape index (κ3) is 5.49. The topological polar surface area (TPSA) is 58.6 Å². The van der Waals surface area contributed by atoms with Crippen molar-refractivity contribution in [3.05, 3.63) is 103 Å². The molecule has 168 valence electrons. The van der Waals surface area contributed by atoms with Crippen molar-refractivity contribution in [3.8, 4) is 5.75 Å². The van der Waals surface area contributed by atoms with Gasteiger partial charge in [-0.15, -0.1) is 0 Å². The predicted molar refractivity (Wildman–Crippen MR) is 136 cm³/mol. The van der Waals surface area contributed by atoms with Crippen LogP contribution in [0.4, 0.5) is 4.79 Å². The number of urea groups is 1. The number of rotatable bonds is 6. The quantitative estimate of drug-likeness (QED) is 0.253. The van der Waals surface area contributed by atoms with Gasteiger partial charge in [-0.25, -0.2) is 4.79 Å². The molecule has 1 saturated heterocycles. The summed E-state index contributed by atoms with van der Waals surface area (Å²) in [5.74, 6) is 0.242. The van der Waals surface area contributed by atoms with Gasteiger partial charge in [-0.1, -0.05) is 59.6 Å². The van der Waals surface area contributed by atoms with Crippen molar-refractivity contribution in [2.45, 2.75) is 20.1 Å². The Morgan fingerprint density at radius 1 is 1.03 bits per heavy atom. The summed E-state index contributed by atoms with van der Waals surface area (Å²) in [6, 6.07) is 18.4. The van der Waals surface area contributed by atoms with Gasteiger partial charge in [0.25, 0.3) is 5.91 Å². The minimum absolute atomic E-state index is 0.213. The van der Waals surface area contributed by atoms with Crippen molar-refractivity contribution in [1.29, 1.82) is 0 Å². The summed E-state index contributed by atoms with van der Waals surface area (Å²) in [6.07, 6.45) is 1.64. The Labute approximate surface area is 213 Å². The Bertz CT molecular complexity index is 1240. The molecule has 4 rings (SSSR count). The summed E-state index contributed by atoms with van der Waals surface area (Å²) in [4.78, 5) is 26.4. The predicted octanol–water partition coefficient (Wildman–Crippen LogP) is 6.85. The number of ether oxygens (including phenoxy) is 1. The standard InChI is InChI=1S/C25H19Br2ClN2O3/c1-15-6-8-16(9-7-15)13-30-24(31)22(29-25(30)32)12-17-10-19(26)23(20(27)11-17)33-14-18-4-2-3-5-21(18)28/h2-12H,13-14H2,1H3,(H,29,32)/b22-12+. The molecule has 33 heavy (non-hydrogen) atoms. The minimum atomic E-state index is -0.440. The van der Waals surface area contributed by atoms with E-state index < -0.39 is 6.03 Å². The maximum atomic E-state index is 12.8. The Morgan fingerprint density at radius 2 is 1.70 bits per heavy atom. The van der Waals surface area contributed by atoms with Crippen LogP contribution in [0.2, 0.25) is 5.02 Å². The second-order valence-electron chi connectivity index (χ2n) is 7.56. The van der Waals surface area contributed by atoms with E-state index in [0.29, 0.717) is 26.3 Å². The number of hydrogen-bond donors (Lipinski definition) is 1. The molecule has 5 nitrogen and oxygen atoms in total. The van der Waals surface area contributed by atoms with Gasteiger partial charge in [-0.05, 0) is 74.2 Å². The van der Waals surface area contributed by atoms with Crippen molar-refractivity contribution in [3.63, 3.8) is 0 Å². The van der Waals surface area contributed by atoms with Gasteiger partial charge in [0, 0.05) is 10.6 Å². The number of amides is 3. The zero-order chi connectivity index (χ0) is 23.5. The highest BCUT2D eigenvalue weighted by atomic mass is 79.9. The van der Waals surface area contributed by atoms with Crippen LogP contribution in [0.3, 0.4) is 0 Å². The average molecular weight is 591 g/mol. The van der Waals surface area contributed by atoms with Crippen molar-refractivity contribution in [2.75, 3.05) is 0 Å². The molecule has 1 N–H and O–H groups in total. The molecular formula is C25H19Br2ClN2O3. The zero-order valence-corrected chi connectivity index (χ0v) is 21.5. The molecular weight excluding hydrogens is 572 g/mol. The SMILES string of the molecule is Cc1ccc(CN2C(=O)N/C(=C/c3cc(Br)c(OCc4ccccc4Cl)c(Br)c3)C2=O)cc1. The van der Waals surface area contributed by atoms with Gasteiger partial charge in [-0.2, -0.15) is 0 Å². The second kappa shape index (κ2) is 10.1. The van der Waals surface area contributed by atoms with Gasteiger partial charge in [0.2, 0.25) is 0 Å². The first-order valence-electron chi connectivity index (χ1n) is 10.1. The van der Waals surface area contributed by atoms with E-state index in [-0.39, 0.29) is 18.1 Å². The van der Waals surface area contributed by atoms with Crippen LogP contribution in [0.5, 0.6) is 5.75 Å². The molecule has 3 amide bonds. The van der Waals surface area contributed by atoms with Crippen LogP contribution in [0.15, 0.2) is 75.3 Å². The van der Waals surface area contributed by atoms with E-state index >= 15 is 0 Å². The molecule has 0 saturated carbocycles. The first-order chi connectivity index (χ1) is 15.8. The molecule has 0 spiro atoms. The zero-order valence-electron chi connectivity index (χ0n) is 17.6. The van der Waals surface area contributed by atoms with E-state index in [0.717, 1.165) is 22.3 Å². The monoisotopic (exact) mass is 588 g/mol. The third-order valence-electron chi connectivity index (χ3n) is 5.09. The number of carbonyl (C=O) groups excluding carboxylic acids is 2. The molecule has 0 atom stereocenters. The summed E-state index contributed by atoms with van der Waals surface area (Å²) in [5.41, 5.74) is 3.82. The minimum Gasteiger partial charge on any atom is -0.486 e. The van der Waals surface area contributed by atoms with Crippen LogP contribution in [-0.2, 0) is 17.9 Å². The van der Waals surface area contributed by atoms with Crippen LogP contribution in [0.1, 0.15) is 22.3 Å². The van der Waals surface area contributed by atoms with Crippen LogP contribution in [0, 0.1) is 6.92 Å². The number of imide groups is 1. The molecule has 1 aliphatic heterocycles. The van der Waals surface area contributed by atoms with E-state index in [1.807, 2.05) is 67.6 Å². The van der Waals surface area contributed by atoms with Gasteiger partial charge in [-0.3, -0.25) is 9.69 Å². The number of hydrogen-bond acceptors (Lipinski definition) is 3. The maximum absolute atomic E-state index is 12.8. The van der Waals surface area contributed by atoms with Gasteiger partial charge < -0.3 is 10.1 Å². The fraction of sp³-hybridized carbons (Fsp3) is 0.120. The van der Waals surface area contributed by atoms with E-state index in [4.69, 9.17) is 16.3 Å². The molecule has 0 aromatic heterocycles. The van der Waals surface area contributed by atoms with Gasteiger partial charge in [0.05, 0.1) is 15.5 Å². The Hall–Kier alpha value is -2.61. The molecule has 1 aliphatic rings. The molecule has 1 fully saturated rings. The molecule has 1 heterocycles. The normalized spacial score (nSPS) is 14.7. The van der Waals surface area contributed by atoms with Crippen molar-refractivity contribution in [1.82, 2.24) is 10.2 Å². The van der Waals surface area contributed by atoms with Crippen LogP contribution >= 0.6 is 43.5 Å². The van der Waals surface area contributed by atoms with Crippen molar-refractivity contribution >= 4 is 61.5 Å². The lowest BCUT2D eigenvalue weighted by atomic mass is 10.1. The average Bonchev–Trinajstić information content (AvgIpc) is 3.03. The summed E-state index contributed by atoms with van der Waals surface area (Å²) in [5, 5.41) is 3.30. The Kier molecular flexibility index (Phi) is 7.22. The highest BCUT2D eigenvalue weighted by Gasteiger charge is 2.33.